The van der Waals surface area contributed by atoms with E-state index >= 15 is 0 Å². The average Bonchev–Trinajstić information content (AvgIpc) is 2.49. The first kappa shape index (κ1) is 13.9. The topological polar surface area (TPSA) is 53.1 Å². The number of fused-ring (bicyclic) bond motifs is 3. The molecule has 3 aliphatic heterocycles. The van der Waals surface area contributed by atoms with Gasteiger partial charge in [-0.3, -0.25) is 0 Å². The fourth-order valence-electron chi connectivity index (χ4n) is 3.09. The Morgan fingerprint density at radius 2 is 2.20 bits per heavy atom. The van der Waals surface area contributed by atoms with Crippen molar-refractivity contribution in [1.82, 2.24) is 14.9 Å². The van der Waals surface area contributed by atoms with Crippen molar-refractivity contribution in [2.45, 2.75) is 32.2 Å². The number of nitrogens with zero attached hydrogens (tertiary/aromatic N) is 3. The van der Waals surface area contributed by atoms with E-state index in [2.05, 4.69) is 32.4 Å². The van der Waals surface area contributed by atoms with Crippen LogP contribution in [0.2, 0.25) is 5.02 Å². The van der Waals surface area contributed by atoms with Crippen LogP contribution in [-0.4, -0.2) is 47.1 Å². The fourth-order valence-corrected chi connectivity index (χ4v) is 3.24. The van der Waals surface area contributed by atoms with Crippen molar-refractivity contribution in [3.05, 3.63) is 11.2 Å². The monoisotopic (exact) mass is 295 g/mol. The van der Waals surface area contributed by atoms with Gasteiger partial charge in [0.2, 0.25) is 5.95 Å². The minimum atomic E-state index is 0.462. The summed E-state index contributed by atoms with van der Waals surface area (Å²) in [6.07, 6.45) is 5.29. The Morgan fingerprint density at radius 3 is 2.85 bits per heavy atom. The van der Waals surface area contributed by atoms with Crippen molar-refractivity contribution in [3.8, 4) is 0 Å². The molecule has 5 nitrogen and oxygen atoms in total. The van der Waals surface area contributed by atoms with Crippen LogP contribution in [0.4, 0.5) is 11.8 Å². The largest absolute Gasteiger partial charge is 0.364 e. The first-order valence-electron chi connectivity index (χ1n) is 7.51. The third-order valence-electron chi connectivity index (χ3n) is 4.26. The normalized spacial score (nSPS) is 28.4. The van der Waals surface area contributed by atoms with E-state index in [1.165, 1.54) is 25.9 Å². The molecule has 0 radical (unpaired) electrons. The first-order valence-corrected chi connectivity index (χ1v) is 7.89. The van der Waals surface area contributed by atoms with Crippen LogP contribution in [0.15, 0.2) is 6.20 Å². The highest BCUT2D eigenvalue weighted by molar-refractivity contribution is 6.32. The van der Waals surface area contributed by atoms with Crippen molar-refractivity contribution in [2.24, 2.45) is 5.92 Å². The summed E-state index contributed by atoms with van der Waals surface area (Å²) in [5.41, 5.74) is 0. The molecule has 3 saturated heterocycles. The van der Waals surface area contributed by atoms with Crippen molar-refractivity contribution < 1.29 is 0 Å². The Labute approximate surface area is 125 Å². The van der Waals surface area contributed by atoms with E-state index in [0.29, 0.717) is 17.0 Å². The van der Waals surface area contributed by atoms with Crippen LogP contribution in [0.25, 0.3) is 0 Å². The molecule has 0 spiro atoms. The minimum Gasteiger partial charge on any atom is -0.364 e. The van der Waals surface area contributed by atoms with E-state index in [1.807, 2.05) is 0 Å². The van der Waals surface area contributed by atoms with Crippen LogP contribution in [0.5, 0.6) is 0 Å². The van der Waals surface area contributed by atoms with Crippen LogP contribution in [0, 0.1) is 5.92 Å². The van der Waals surface area contributed by atoms with E-state index in [1.54, 1.807) is 6.20 Å². The molecule has 0 aromatic carbocycles. The zero-order valence-corrected chi connectivity index (χ0v) is 12.7. The predicted molar refractivity (Wildman–Crippen MR) is 82.4 cm³/mol. The summed E-state index contributed by atoms with van der Waals surface area (Å²) in [6, 6.07) is 0.462. The summed E-state index contributed by atoms with van der Waals surface area (Å²) in [6.45, 7) is 6.58. The first-order chi connectivity index (χ1) is 9.76. The molecule has 6 heteroatoms. The Kier molecular flexibility index (Phi) is 4.27. The molecule has 2 N–H and O–H groups in total. The van der Waals surface area contributed by atoms with Gasteiger partial charge in [0.05, 0.1) is 6.20 Å². The number of aromatic nitrogens is 2. The van der Waals surface area contributed by atoms with Crippen LogP contribution >= 0.6 is 11.6 Å². The molecule has 4 rings (SSSR count). The van der Waals surface area contributed by atoms with Gasteiger partial charge in [0.1, 0.15) is 5.02 Å². The van der Waals surface area contributed by atoms with Crippen LogP contribution < -0.4 is 10.6 Å². The van der Waals surface area contributed by atoms with Gasteiger partial charge in [0.25, 0.3) is 0 Å². The standard InChI is InChI=1S/C14H22ClN5/c1-2-5-16-14-17-8-11(15)13(19-14)18-12-9-20-6-3-10(12)4-7-20/h8,10,12H,2-7,9H2,1H3,(H2,16,17,18,19). The molecular formula is C14H22ClN5. The lowest BCUT2D eigenvalue weighted by molar-refractivity contribution is 0.0974. The zero-order valence-electron chi connectivity index (χ0n) is 11.9. The number of nitrogens with one attached hydrogen (secondary N) is 2. The molecule has 0 amide bonds. The second-order valence-electron chi connectivity index (χ2n) is 5.71. The van der Waals surface area contributed by atoms with Gasteiger partial charge in [-0.1, -0.05) is 18.5 Å². The summed E-state index contributed by atoms with van der Waals surface area (Å²) in [4.78, 5) is 11.2. The number of anilines is 2. The molecule has 1 atom stereocenters. The molecule has 2 bridgehead atoms. The highest BCUT2D eigenvalue weighted by atomic mass is 35.5. The molecule has 110 valence electrons. The lowest BCUT2D eigenvalue weighted by atomic mass is 9.84. The SMILES string of the molecule is CCCNc1ncc(Cl)c(NC2CN3CCC2CC3)n1. The molecular weight excluding hydrogens is 274 g/mol. The van der Waals surface area contributed by atoms with Crippen molar-refractivity contribution in [1.29, 1.82) is 0 Å². The van der Waals surface area contributed by atoms with Gasteiger partial charge in [-0.2, -0.15) is 4.98 Å². The van der Waals surface area contributed by atoms with Crippen molar-refractivity contribution in [2.75, 3.05) is 36.8 Å². The molecule has 3 aliphatic rings. The molecule has 1 unspecified atom stereocenters. The predicted octanol–water partition coefficient (Wildman–Crippen LogP) is 2.46. The summed E-state index contributed by atoms with van der Waals surface area (Å²) >= 11 is 6.22. The summed E-state index contributed by atoms with van der Waals surface area (Å²) in [5.74, 6) is 2.16. The van der Waals surface area contributed by atoms with Gasteiger partial charge in [-0.15, -0.1) is 0 Å². The Hall–Kier alpha value is -1.07. The number of piperidine rings is 3. The lowest BCUT2D eigenvalue weighted by Crippen LogP contribution is -2.53. The molecule has 1 aromatic rings. The molecule has 4 heterocycles. The summed E-state index contributed by atoms with van der Waals surface area (Å²) in [5, 5.41) is 7.33. The van der Waals surface area contributed by atoms with E-state index < -0.39 is 0 Å². The minimum absolute atomic E-state index is 0.462. The second-order valence-corrected chi connectivity index (χ2v) is 6.11. The maximum absolute atomic E-state index is 6.22. The Morgan fingerprint density at radius 1 is 1.40 bits per heavy atom. The Balaban J connectivity index is 1.69. The molecule has 3 fully saturated rings. The Bertz CT molecular complexity index is 459. The van der Waals surface area contributed by atoms with Gasteiger partial charge < -0.3 is 15.5 Å². The zero-order chi connectivity index (χ0) is 13.9. The molecule has 0 aliphatic carbocycles. The van der Waals surface area contributed by atoms with Gasteiger partial charge in [-0.05, 0) is 38.3 Å². The number of halogens is 1. The molecule has 0 saturated carbocycles. The van der Waals surface area contributed by atoms with E-state index in [4.69, 9.17) is 11.6 Å². The maximum atomic E-state index is 6.22. The van der Waals surface area contributed by atoms with E-state index in [0.717, 1.165) is 31.2 Å². The summed E-state index contributed by atoms with van der Waals surface area (Å²) < 4.78 is 0. The highest BCUT2D eigenvalue weighted by Crippen LogP contribution is 2.31. The van der Waals surface area contributed by atoms with Gasteiger partial charge in [0, 0.05) is 19.1 Å². The number of rotatable bonds is 5. The fraction of sp³-hybridized carbons (Fsp3) is 0.714. The van der Waals surface area contributed by atoms with Crippen LogP contribution in [0.3, 0.4) is 0 Å². The van der Waals surface area contributed by atoms with Crippen LogP contribution in [-0.2, 0) is 0 Å². The third kappa shape index (κ3) is 2.99. The molecule has 20 heavy (non-hydrogen) atoms. The lowest BCUT2D eigenvalue weighted by Gasteiger charge is -2.45. The number of hydrogen-bond donors (Lipinski definition) is 2. The van der Waals surface area contributed by atoms with Gasteiger partial charge in [-0.25, -0.2) is 4.98 Å². The van der Waals surface area contributed by atoms with Crippen molar-refractivity contribution in [3.63, 3.8) is 0 Å². The summed E-state index contributed by atoms with van der Waals surface area (Å²) in [7, 11) is 0. The third-order valence-corrected chi connectivity index (χ3v) is 4.53. The van der Waals surface area contributed by atoms with Crippen molar-refractivity contribution >= 4 is 23.4 Å². The maximum Gasteiger partial charge on any atom is 0.224 e. The van der Waals surface area contributed by atoms with E-state index in [9.17, 15) is 0 Å². The molecule has 1 aromatic heterocycles. The average molecular weight is 296 g/mol. The van der Waals surface area contributed by atoms with Gasteiger partial charge >= 0.3 is 0 Å². The number of hydrogen-bond acceptors (Lipinski definition) is 5. The van der Waals surface area contributed by atoms with Crippen LogP contribution in [0.1, 0.15) is 26.2 Å². The van der Waals surface area contributed by atoms with Gasteiger partial charge in [0.15, 0.2) is 5.82 Å². The quantitative estimate of drug-likeness (QED) is 0.874. The highest BCUT2D eigenvalue weighted by Gasteiger charge is 2.34. The second kappa shape index (κ2) is 6.14. The smallest absolute Gasteiger partial charge is 0.224 e. The van der Waals surface area contributed by atoms with E-state index in [-0.39, 0.29) is 0 Å².